The van der Waals surface area contributed by atoms with E-state index in [0.717, 1.165) is 11.3 Å². The van der Waals surface area contributed by atoms with Crippen molar-refractivity contribution in [2.45, 2.75) is 11.0 Å². The van der Waals surface area contributed by atoms with Crippen LogP contribution >= 0.6 is 11.8 Å². The van der Waals surface area contributed by atoms with Crippen LogP contribution in [0.2, 0.25) is 0 Å². The first-order valence-corrected chi connectivity index (χ1v) is 8.26. The Balaban J connectivity index is 1.96. The first-order valence-electron chi connectivity index (χ1n) is 7.28. The van der Waals surface area contributed by atoms with Gasteiger partial charge in [0.25, 0.3) is 10.9 Å². The second kappa shape index (κ2) is 4.41. The SMILES string of the molecule is COc1ccccc1[C@H]1[C@@]2(C#N)[C@@]3([NH+]=C(N)[C@@]12C#N)OCCS3. The lowest BCUT2D eigenvalue weighted by atomic mass is 9.95. The molecule has 1 saturated carbocycles. The minimum absolute atomic E-state index is 0.312. The first-order chi connectivity index (χ1) is 11.1. The van der Waals surface area contributed by atoms with E-state index < -0.39 is 15.9 Å². The summed E-state index contributed by atoms with van der Waals surface area (Å²) in [6.07, 6.45) is 0. The number of methoxy groups -OCH3 is 1. The number of thioether (sulfide) groups is 1. The minimum Gasteiger partial charge on any atom is -0.496 e. The third kappa shape index (κ3) is 1.32. The molecule has 0 aromatic heterocycles. The van der Waals surface area contributed by atoms with Crippen LogP contribution in [0.1, 0.15) is 11.5 Å². The van der Waals surface area contributed by atoms with Gasteiger partial charge in [-0.1, -0.05) is 30.0 Å². The van der Waals surface area contributed by atoms with E-state index in [2.05, 4.69) is 17.1 Å². The lowest BCUT2D eigenvalue weighted by Gasteiger charge is -2.24. The van der Waals surface area contributed by atoms with Gasteiger partial charge in [0.1, 0.15) is 5.75 Å². The molecule has 0 amide bonds. The Morgan fingerprint density at radius 3 is 2.78 bits per heavy atom. The van der Waals surface area contributed by atoms with E-state index in [4.69, 9.17) is 15.2 Å². The predicted octanol–water partition coefficient (Wildman–Crippen LogP) is -0.319. The van der Waals surface area contributed by atoms with Crippen LogP contribution in [0.25, 0.3) is 0 Å². The molecule has 7 heteroatoms. The fraction of sp³-hybridized carbons (Fsp3) is 0.438. The molecule has 2 aliphatic heterocycles. The molecule has 1 saturated heterocycles. The average molecular weight is 327 g/mol. The maximum atomic E-state index is 10.1. The van der Waals surface area contributed by atoms with Gasteiger partial charge >= 0.3 is 0 Å². The topological polar surface area (TPSA) is 106 Å². The lowest BCUT2D eigenvalue weighted by Crippen LogP contribution is -2.88. The lowest BCUT2D eigenvalue weighted by molar-refractivity contribution is -0.583. The van der Waals surface area contributed by atoms with Gasteiger partial charge in [0.2, 0.25) is 0 Å². The summed E-state index contributed by atoms with van der Waals surface area (Å²) in [5.74, 6) is 1.34. The van der Waals surface area contributed by atoms with Crippen LogP contribution in [0.3, 0.4) is 0 Å². The maximum absolute atomic E-state index is 10.1. The molecule has 1 aliphatic carbocycles. The van der Waals surface area contributed by atoms with Gasteiger partial charge in [-0.15, -0.1) is 0 Å². The normalized spacial score (nSPS) is 40.1. The Morgan fingerprint density at radius 1 is 1.39 bits per heavy atom. The number of hydrogen-bond donors (Lipinski definition) is 2. The molecular weight excluding hydrogens is 312 g/mol. The maximum Gasteiger partial charge on any atom is 0.277 e. The minimum atomic E-state index is -1.10. The number of amidine groups is 1. The number of nitriles is 2. The van der Waals surface area contributed by atoms with Gasteiger partial charge in [-0.05, 0) is 6.07 Å². The quantitative estimate of drug-likeness (QED) is 0.771. The second-order valence-corrected chi connectivity index (χ2v) is 7.14. The summed E-state index contributed by atoms with van der Waals surface area (Å²) in [5, 5.41) is 19.0. The smallest absolute Gasteiger partial charge is 0.277 e. The number of benzene rings is 1. The molecular formula is C16H15N4O2S+. The number of rotatable bonds is 2. The standard InChI is InChI=1S/C16H14N4O2S/c1-21-11-5-3-2-4-10(11)12-14(8-17)13(19)20-16(15(12,14)9-18)22-6-7-23-16/h2-5,12H,6-7H2,1H3,(H2,19,20)/p+1/t12-,14-,15-,16-/m1/s1. The highest BCUT2D eigenvalue weighted by Crippen LogP contribution is 2.81. The van der Waals surface area contributed by atoms with Crippen molar-refractivity contribution in [3.05, 3.63) is 29.8 Å². The van der Waals surface area contributed by atoms with Gasteiger partial charge < -0.3 is 9.47 Å². The summed E-state index contributed by atoms with van der Waals surface area (Å²) in [5.41, 5.74) is 4.85. The molecule has 1 aromatic rings. The van der Waals surface area contributed by atoms with Crippen molar-refractivity contribution in [3.8, 4) is 17.9 Å². The molecule has 4 rings (SSSR count). The highest BCUT2D eigenvalue weighted by atomic mass is 32.2. The summed E-state index contributed by atoms with van der Waals surface area (Å²) in [6, 6.07) is 12.2. The van der Waals surface area contributed by atoms with E-state index in [0.29, 0.717) is 18.2 Å². The molecule has 0 radical (unpaired) electrons. The zero-order valence-electron chi connectivity index (χ0n) is 12.5. The van der Waals surface area contributed by atoms with Crippen LogP contribution in [0.15, 0.2) is 24.3 Å². The average Bonchev–Trinajstić information content (AvgIpc) is 2.82. The molecule has 116 valence electrons. The molecule has 1 spiro atoms. The van der Waals surface area contributed by atoms with Gasteiger partial charge in [-0.25, -0.2) is 4.99 Å². The number of hydrogen-bond acceptors (Lipinski definition) is 6. The molecule has 3 aliphatic rings. The number of para-hydroxylation sites is 1. The van der Waals surface area contributed by atoms with Crippen molar-refractivity contribution in [2.24, 2.45) is 16.6 Å². The molecule has 0 bridgehead atoms. The molecule has 23 heavy (non-hydrogen) atoms. The molecule has 6 nitrogen and oxygen atoms in total. The summed E-state index contributed by atoms with van der Waals surface area (Å²) in [6.45, 7) is 0.522. The molecule has 2 fully saturated rings. The number of fused-ring (bicyclic) bond motifs is 2. The highest BCUT2D eigenvalue weighted by Gasteiger charge is 2.96. The third-order valence-electron chi connectivity index (χ3n) is 5.14. The van der Waals surface area contributed by atoms with Crippen molar-refractivity contribution in [1.82, 2.24) is 0 Å². The van der Waals surface area contributed by atoms with Crippen LogP contribution < -0.4 is 15.5 Å². The summed E-state index contributed by atoms with van der Waals surface area (Å²) in [7, 11) is 1.58. The highest BCUT2D eigenvalue weighted by molar-refractivity contribution is 8.00. The zero-order chi connectivity index (χ0) is 16.3. The van der Waals surface area contributed by atoms with E-state index in [1.807, 2.05) is 24.3 Å². The monoisotopic (exact) mass is 327 g/mol. The molecule has 3 N–H and O–H groups in total. The van der Waals surface area contributed by atoms with Gasteiger partial charge in [-0.2, -0.15) is 10.5 Å². The predicted molar refractivity (Wildman–Crippen MR) is 83.1 cm³/mol. The summed E-state index contributed by atoms with van der Waals surface area (Å²) in [4.78, 5) is 3.10. The van der Waals surface area contributed by atoms with Crippen LogP contribution in [-0.4, -0.2) is 30.4 Å². The van der Waals surface area contributed by atoms with Crippen molar-refractivity contribution in [1.29, 1.82) is 10.5 Å². The summed E-state index contributed by atoms with van der Waals surface area (Å²) < 4.78 is 11.3. The van der Waals surface area contributed by atoms with Crippen LogP contribution in [0, 0.1) is 33.5 Å². The Kier molecular flexibility index (Phi) is 2.76. The van der Waals surface area contributed by atoms with Crippen molar-refractivity contribution >= 4 is 17.6 Å². The fourth-order valence-electron chi connectivity index (χ4n) is 4.19. The largest absolute Gasteiger partial charge is 0.496 e. The Hall–Kier alpha value is -2.22. The Morgan fingerprint density at radius 2 is 2.17 bits per heavy atom. The van der Waals surface area contributed by atoms with Gasteiger partial charge in [0.15, 0.2) is 10.8 Å². The number of ether oxygens (including phenoxy) is 2. The molecule has 4 atom stereocenters. The van der Waals surface area contributed by atoms with Crippen LogP contribution in [0.5, 0.6) is 5.75 Å². The first kappa shape index (κ1) is 14.4. The van der Waals surface area contributed by atoms with E-state index in [-0.39, 0.29) is 5.92 Å². The van der Waals surface area contributed by atoms with E-state index in [1.54, 1.807) is 7.11 Å². The Bertz CT molecular complexity index is 805. The number of nitrogens with one attached hydrogen (secondary N) is 1. The number of nitrogens with zero attached hydrogens (tertiary/aromatic N) is 2. The molecule has 2 heterocycles. The number of nitrogens with two attached hydrogens (primary N) is 1. The van der Waals surface area contributed by atoms with E-state index >= 15 is 0 Å². The van der Waals surface area contributed by atoms with E-state index in [9.17, 15) is 10.5 Å². The molecule has 0 unspecified atom stereocenters. The van der Waals surface area contributed by atoms with Gasteiger partial charge in [-0.3, -0.25) is 5.73 Å². The third-order valence-corrected chi connectivity index (χ3v) is 6.46. The second-order valence-electron chi connectivity index (χ2n) is 5.87. The van der Waals surface area contributed by atoms with Gasteiger partial charge in [0, 0.05) is 17.2 Å². The van der Waals surface area contributed by atoms with Crippen molar-refractivity contribution in [3.63, 3.8) is 0 Å². The van der Waals surface area contributed by atoms with Crippen molar-refractivity contribution in [2.75, 3.05) is 19.5 Å². The summed E-state index contributed by atoms with van der Waals surface area (Å²) >= 11 is 1.51. The fourth-order valence-corrected chi connectivity index (χ4v) is 5.54. The van der Waals surface area contributed by atoms with E-state index in [1.165, 1.54) is 11.8 Å². The van der Waals surface area contributed by atoms with Crippen LogP contribution in [0.4, 0.5) is 0 Å². The van der Waals surface area contributed by atoms with Crippen LogP contribution in [-0.2, 0) is 4.74 Å². The van der Waals surface area contributed by atoms with Crippen molar-refractivity contribution < 1.29 is 14.5 Å². The molecule has 1 aromatic carbocycles. The van der Waals surface area contributed by atoms with Gasteiger partial charge in [0.05, 0.1) is 25.9 Å². The zero-order valence-corrected chi connectivity index (χ0v) is 13.3. The Labute approximate surface area is 137 Å².